The standard InChI is InChI=1S/C13H18S/c1-5-7-8-9-11-13(14-4)12(3)10-6-2/h5-6,8-11H,1,3,7H2,2,4H3/b9-8-,10-6-,13-11+. The van der Waals surface area contributed by atoms with E-state index in [0.29, 0.717) is 0 Å². The molecular weight excluding hydrogens is 188 g/mol. The Labute approximate surface area is 91.8 Å². The maximum absolute atomic E-state index is 3.98. The maximum atomic E-state index is 3.98. The van der Waals surface area contributed by atoms with Crippen molar-refractivity contribution < 1.29 is 0 Å². The van der Waals surface area contributed by atoms with Gasteiger partial charge in [-0.15, -0.1) is 18.3 Å². The topological polar surface area (TPSA) is 0 Å². The first kappa shape index (κ1) is 13.1. The van der Waals surface area contributed by atoms with Gasteiger partial charge in [0.2, 0.25) is 0 Å². The van der Waals surface area contributed by atoms with Gasteiger partial charge in [-0.1, -0.05) is 37.0 Å². The van der Waals surface area contributed by atoms with Gasteiger partial charge in [0.15, 0.2) is 0 Å². The van der Waals surface area contributed by atoms with Crippen LogP contribution >= 0.6 is 11.8 Å². The van der Waals surface area contributed by atoms with Crippen molar-refractivity contribution in [3.63, 3.8) is 0 Å². The molecule has 0 N–H and O–H groups in total. The molecule has 0 radical (unpaired) electrons. The second-order valence-electron chi connectivity index (χ2n) is 2.71. The molecule has 0 aliphatic heterocycles. The van der Waals surface area contributed by atoms with Crippen LogP contribution in [0.25, 0.3) is 0 Å². The lowest BCUT2D eigenvalue weighted by molar-refractivity contribution is 1.41. The van der Waals surface area contributed by atoms with Crippen molar-refractivity contribution in [1.82, 2.24) is 0 Å². The van der Waals surface area contributed by atoms with Crippen LogP contribution < -0.4 is 0 Å². The summed E-state index contributed by atoms with van der Waals surface area (Å²) in [6.07, 6.45) is 15.1. The lowest BCUT2D eigenvalue weighted by Gasteiger charge is -2.01. The molecule has 0 spiro atoms. The Balaban J connectivity index is 4.38. The summed E-state index contributed by atoms with van der Waals surface area (Å²) in [6, 6.07) is 0. The minimum atomic E-state index is 0.911. The van der Waals surface area contributed by atoms with E-state index in [4.69, 9.17) is 0 Å². The lowest BCUT2D eigenvalue weighted by Crippen LogP contribution is -1.77. The Hall–Kier alpha value is -0.950. The first-order chi connectivity index (χ1) is 6.76. The molecule has 0 bridgehead atoms. The first-order valence-electron chi connectivity index (χ1n) is 4.60. The predicted molar refractivity (Wildman–Crippen MR) is 69.5 cm³/mol. The molecule has 0 heterocycles. The van der Waals surface area contributed by atoms with Gasteiger partial charge in [-0.05, 0) is 31.2 Å². The van der Waals surface area contributed by atoms with E-state index in [1.165, 1.54) is 4.91 Å². The third-order valence-electron chi connectivity index (χ3n) is 1.59. The zero-order valence-corrected chi connectivity index (χ0v) is 9.81. The molecule has 0 amide bonds. The van der Waals surface area contributed by atoms with Crippen molar-refractivity contribution >= 4 is 11.8 Å². The molecule has 0 aliphatic rings. The average Bonchev–Trinajstić information content (AvgIpc) is 2.18. The summed E-state index contributed by atoms with van der Waals surface area (Å²) in [5.74, 6) is 0. The zero-order valence-electron chi connectivity index (χ0n) is 8.99. The quantitative estimate of drug-likeness (QED) is 0.455. The van der Waals surface area contributed by atoms with Crippen LogP contribution in [0.5, 0.6) is 0 Å². The van der Waals surface area contributed by atoms with Crippen molar-refractivity contribution in [2.24, 2.45) is 0 Å². The Morgan fingerprint density at radius 1 is 1.43 bits per heavy atom. The number of allylic oxidation sites excluding steroid dienone is 7. The summed E-state index contributed by atoms with van der Waals surface area (Å²) in [5.41, 5.74) is 1.06. The molecule has 0 unspecified atom stereocenters. The number of hydrogen-bond acceptors (Lipinski definition) is 1. The molecule has 14 heavy (non-hydrogen) atoms. The third kappa shape index (κ3) is 5.65. The summed E-state index contributed by atoms with van der Waals surface area (Å²) in [7, 11) is 0. The van der Waals surface area contributed by atoms with Gasteiger partial charge in [-0.2, -0.15) is 0 Å². The SMILES string of the molecule is C=CC/C=C\C=C(\SC)C(=C)/C=C\C. The summed E-state index contributed by atoms with van der Waals surface area (Å²) < 4.78 is 0. The van der Waals surface area contributed by atoms with Gasteiger partial charge in [0.1, 0.15) is 0 Å². The van der Waals surface area contributed by atoms with Gasteiger partial charge in [0.25, 0.3) is 0 Å². The Bertz CT molecular complexity index is 267. The van der Waals surface area contributed by atoms with E-state index in [9.17, 15) is 0 Å². The average molecular weight is 206 g/mol. The van der Waals surface area contributed by atoms with E-state index in [1.807, 2.05) is 31.2 Å². The monoisotopic (exact) mass is 206 g/mol. The minimum absolute atomic E-state index is 0.911. The van der Waals surface area contributed by atoms with E-state index in [0.717, 1.165) is 12.0 Å². The molecule has 0 fully saturated rings. The highest BCUT2D eigenvalue weighted by atomic mass is 32.2. The van der Waals surface area contributed by atoms with E-state index >= 15 is 0 Å². The molecule has 0 saturated heterocycles. The van der Waals surface area contributed by atoms with Gasteiger partial charge in [0, 0.05) is 4.91 Å². The van der Waals surface area contributed by atoms with Crippen LogP contribution in [0.1, 0.15) is 13.3 Å². The summed E-state index contributed by atoms with van der Waals surface area (Å²) in [5, 5.41) is 0. The lowest BCUT2D eigenvalue weighted by atomic mass is 10.2. The Kier molecular flexibility index (Phi) is 8.05. The molecule has 0 saturated carbocycles. The minimum Gasteiger partial charge on any atom is -0.129 e. The highest BCUT2D eigenvalue weighted by Gasteiger charge is 1.94. The van der Waals surface area contributed by atoms with Gasteiger partial charge < -0.3 is 0 Å². The van der Waals surface area contributed by atoms with Crippen molar-refractivity contribution in [3.8, 4) is 0 Å². The summed E-state index contributed by atoms with van der Waals surface area (Å²) in [6.45, 7) is 9.64. The molecule has 0 aliphatic carbocycles. The highest BCUT2D eigenvalue weighted by molar-refractivity contribution is 8.02. The van der Waals surface area contributed by atoms with Crippen LogP contribution in [-0.2, 0) is 0 Å². The second kappa shape index (κ2) is 8.64. The molecule has 0 atom stereocenters. The fraction of sp³-hybridized carbons (Fsp3) is 0.231. The number of rotatable bonds is 6. The second-order valence-corrected chi connectivity index (χ2v) is 3.56. The number of thioether (sulfide) groups is 1. The van der Waals surface area contributed by atoms with E-state index in [1.54, 1.807) is 11.8 Å². The predicted octanol–water partition coefficient (Wildman–Crippen LogP) is 4.50. The van der Waals surface area contributed by atoms with E-state index in [-0.39, 0.29) is 0 Å². The van der Waals surface area contributed by atoms with Crippen molar-refractivity contribution in [2.75, 3.05) is 6.26 Å². The summed E-state index contributed by atoms with van der Waals surface area (Å²) in [4.78, 5) is 1.20. The fourth-order valence-corrected chi connectivity index (χ4v) is 1.46. The van der Waals surface area contributed by atoms with Crippen LogP contribution in [0.2, 0.25) is 0 Å². The molecular formula is C13H18S. The van der Waals surface area contributed by atoms with Crippen molar-refractivity contribution in [3.05, 3.63) is 60.1 Å². The molecule has 0 aromatic heterocycles. The van der Waals surface area contributed by atoms with Gasteiger partial charge in [-0.3, -0.25) is 0 Å². The van der Waals surface area contributed by atoms with Crippen LogP contribution in [0.3, 0.4) is 0 Å². The molecule has 76 valence electrons. The third-order valence-corrected chi connectivity index (χ3v) is 2.43. The van der Waals surface area contributed by atoms with Gasteiger partial charge in [-0.25, -0.2) is 0 Å². The number of hydrogen-bond donors (Lipinski definition) is 0. The molecule has 0 aromatic carbocycles. The van der Waals surface area contributed by atoms with Crippen molar-refractivity contribution in [1.29, 1.82) is 0 Å². The van der Waals surface area contributed by atoms with Gasteiger partial charge in [0.05, 0.1) is 0 Å². The van der Waals surface area contributed by atoms with E-state index in [2.05, 4.69) is 31.6 Å². The zero-order chi connectivity index (χ0) is 10.8. The molecule has 0 nitrogen and oxygen atoms in total. The fourth-order valence-electron chi connectivity index (χ4n) is 0.920. The first-order valence-corrected chi connectivity index (χ1v) is 5.82. The normalized spacial score (nSPS) is 12.6. The van der Waals surface area contributed by atoms with Crippen LogP contribution in [0.4, 0.5) is 0 Å². The van der Waals surface area contributed by atoms with Crippen LogP contribution in [-0.4, -0.2) is 6.26 Å². The molecule has 0 aromatic rings. The largest absolute Gasteiger partial charge is 0.129 e. The highest BCUT2D eigenvalue weighted by Crippen LogP contribution is 2.21. The molecule has 1 heteroatoms. The van der Waals surface area contributed by atoms with E-state index < -0.39 is 0 Å². The maximum Gasteiger partial charge on any atom is 0.0135 e. The Morgan fingerprint density at radius 3 is 2.64 bits per heavy atom. The smallest absolute Gasteiger partial charge is 0.0135 e. The Morgan fingerprint density at radius 2 is 2.14 bits per heavy atom. The van der Waals surface area contributed by atoms with Gasteiger partial charge >= 0.3 is 0 Å². The van der Waals surface area contributed by atoms with Crippen molar-refractivity contribution in [2.45, 2.75) is 13.3 Å². The summed E-state index contributed by atoms with van der Waals surface area (Å²) >= 11 is 1.71. The molecule has 0 rings (SSSR count). The van der Waals surface area contributed by atoms with Crippen LogP contribution in [0.15, 0.2) is 60.1 Å². The van der Waals surface area contributed by atoms with Crippen LogP contribution in [0, 0.1) is 0 Å².